The van der Waals surface area contributed by atoms with E-state index >= 15 is 0 Å². The molecule has 0 atom stereocenters. The highest BCUT2D eigenvalue weighted by atomic mass is 14.8. The van der Waals surface area contributed by atoms with Crippen molar-refractivity contribution in [1.29, 1.82) is 0 Å². The van der Waals surface area contributed by atoms with Crippen LogP contribution in [0, 0.1) is 6.92 Å². The lowest BCUT2D eigenvalue weighted by Crippen LogP contribution is -2.07. The first kappa shape index (κ1) is 15.9. The minimum atomic E-state index is 0.928. The van der Waals surface area contributed by atoms with Gasteiger partial charge in [0.1, 0.15) is 0 Å². The number of nitrogens with zero attached hydrogens (tertiary/aromatic N) is 1. The molecule has 4 nitrogen and oxygen atoms in total. The molecule has 0 amide bonds. The van der Waals surface area contributed by atoms with Crippen molar-refractivity contribution in [2.24, 2.45) is 4.99 Å². The minimum absolute atomic E-state index is 0.928. The molecule has 1 heterocycles. The number of benzene rings is 1. The molecule has 22 heavy (non-hydrogen) atoms. The monoisotopic (exact) mass is 296 g/mol. The lowest BCUT2D eigenvalue weighted by molar-refractivity contribution is 0.984. The van der Waals surface area contributed by atoms with Gasteiger partial charge in [-0.25, -0.2) is 0 Å². The fourth-order valence-corrected chi connectivity index (χ4v) is 2.54. The summed E-state index contributed by atoms with van der Waals surface area (Å²) in [6.45, 7) is 8.36. The quantitative estimate of drug-likeness (QED) is 0.582. The highest BCUT2D eigenvalue weighted by Crippen LogP contribution is 2.28. The summed E-state index contributed by atoms with van der Waals surface area (Å²) < 4.78 is 0. The zero-order valence-electron chi connectivity index (χ0n) is 14.0. The van der Waals surface area contributed by atoms with Crippen molar-refractivity contribution in [3.63, 3.8) is 0 Å². The van der Waals surface area contributed by atoms with Gasteiger partial charge in [-0.3, -0.25) is 4.99 Å². The summed E-state index contributed by atoms with van der Waals surface area (Å²) in [6.07, 6.45) is 1.84. The number of fused-ring (bicyclic) bond motifs is 1. The van der Waals surface area contributed by atoms with Crippen LogP contribution in [-0.4, -0.2) is 32.3 Å². The zero-order chi connectivity index (χ0) is 16.3. The number of aromatic amines is 1. The molecule has 0 unspecified atom stereocenters. The van der Waals surface area contributed by atoms with E-state index in [1.165, 1.54) is 10.9 Å². The van der Waals surface area contributed by atoms with Crippen molar-refractivity contribution < 1.29 is 0 Å². The van der Waals surface area contributed by atoms with Crippen LogP contribution in [0.4, 0.5) is 5.69 Å². The summed E-state index contributed by atoms with van der Waals surface area (Å²) in [5, 5.41) is 7.56. The molecule has 4 heteroatoms. The van der Waals surface area contributed by atoms with Crippen LogP contribution in [0.3, 0.4) is 0 Å². The van der Waals surface area contributed by atoms with Crippen LogP contribution in [0.2, 0.25) is 0 Å². The van der Waals surface area contributed by atoms with Gasteiger partial charge in [-0.1, -0.05) is 6.58 Å². The maximum absolute atomic E-state index is 4.24. The molecule has 0 spiro atoms. The Morgan fingerprint density at radius 3 is 2.59 bits per heavy atom. The number of hydrogen-bond acceptors (Lipinski definition) is 3. The maximum atomic E-state index is 4.24. The molecule has 2 aromatic rings. The van der Waals surface area contributed by atoms with Crippen LogP contribution in [0.1, 0.15) is 18.2 Å². The van der Waals surface area contributed by atoms with E-state index in [0.29, 0.717) is 0 Å². The Morgan fingerprint density at radius 2 is 2.00 bits per heavy atom. The van der Waals surface area contributed by atoms with Crippen molar-refractivity contribution in [3.8, 4) is 0 Å². The van der Waals surface area contributed by atoms with Gasteiger partial charge in [0.25, 0.3) is 0 Å². The fraction of sp³-hybridized carbons (Fsp3) is 0.278. The Hall–Kier alpha value is -2.49. The average Bonchev–Trinajstić information content (AvgIpc) is 2.93. The topological polar surface area (TPSA) is 52.2 Å². The van der Waals surface area contributed by atoms with Gasteiger partial charge in [-0.2, -0.15) is 0 Å². The van der Waals surface area contributed by atoms with Gasteiger partial charge in [-0.15, -0.1) is 0 Å². The average molecular weight is 296 g/mol. The van der Waals surface area contributed by atoms with E-state index in [1.54, 1.807) is 7.05 Å². The molecule has 0 saturated heterocycles. The molecule has 0 aliphatic carbocycles. The molecule has 0 aliphatic heterocycles. The molecule has 1 aromatic carbocycles. The predicted octanol–water partition coefficient (Wildman–Crippen LogP) is 3.73. The van der Waals surface area contributed by atoms with Crippen LogP contribution in [0.15, 0.2) is 41.0 Å². The number of aromatic nitrogens is 1. The van der Waals surface area contributed by atoms with Crippen LogP contribution in [0.25, 0.3) is 16.5 Å². The molecule has 0 aliphatic rings. The SMILES string of the molecule is C=C(/C(C=NC)=C(/C)NC)c1cc2cc(C)c(NC)cc2[nH]1. The van der Waals surface area contributed by atoms with Gasteiger partial charge in [0.15, 0.2) is 0 Å². The number of aryl methyl sites for hydroxylation is 1. The molecule has 2 rings (SSSR count). The molecular weight excluding hydrogens is 272 g/mol. The zero-order valence-corrected chi connectivity index (χ0v) is 14.0. The van der Waals surface area contributed by atoms with Gasteiger partial charge in [-0.05, 0) is 37.6 Å². The van der Waals surface area contributed by atoms with E-state index in [-0.39, 0.29) is 0 Å². The van der Waals surface area contributed by atoms with Gasteiger partial charge in [0, 0.05) is 66.5 Å². The first-order valence-electron chi connectivity index (χ1n) is 7.33. The van der Waals surface area contributed by atoms with E-state index in [2.05, 4.69) is 52.3 Å². The molecule has 116 valence electrons. The van der Waals surface area contributed by atoms with E-state index in [4.69, 9.17) is 0 Å². The maximum Gasteiger partial charge on any atom is 0.0479 e. The minimum Gasteiger partial charge on any atom is -0.391 e. The standard InChI is InChI=1S/C18H24N4/c1-11-7-14-8-17(22-18(14)9-16(11)21-6)12(2)15(10-19-4)13(3)20-5/h7-10,20-22H,2H2,1,3-6H3/b15-13-,19-10?. The third-order valence-electron chi connectivity index (χ3n) is 3.92. The summed E-state index contributed by atoms with van der Waals surface area (Å²) >= 11 is 0. The van der Waals surface area contributed by atoms with E-state index in [9.17, 15) is 0 Å². The summed E-state index contributed by atoms with van der Waals surface area (Å²) in [4.78, 5) is 7.59. The second-order valence-corrected chi connectivity index (χ2v) is 5.34. The van der Waals surface area contributed by atoms with Crippen LogP contribution < -0.4 is 10.6 Å². The summed E-state index contributed by atoms with van der Waals surface area (Å²) in [5.74, 6) is 0. The van der Waals surface area contributed by atoms with Crippen LogP contribution in [-0.2, 0) is 0 Å². The van der Waals surface area contributed by atoms with E-state index in [0.717, 1.165) is 33.7 Å². The summed E-state index contributed by atoms with van der Waals surface area (Å²) in [7, 11) is 5.61. The largest absolute Gasteiger partial charge is 0.391 e. The number of allylic oxidation sites excluding steroid dienone is 3. The van der Waals surface area contributed by atoms with Gasteiger partial charge in [0.2, 0.25) is 0 Å². The lowest BCUT2D eigenvalue weighted by Gasteiger charge is -2.09. The third kappa shape index (κ3) is 2.91. The van der Waals surface area contributed by atoms with Gasteiger partial charge < -0.3 is 15.6 Å². The predicted molar refractivity (Wildman–Crippen MR) is 97.8 cm³/mol. The summed E-state index contributed by atoms with van der Waals surface area (Å²) in [5.41, 5.74) is 7.43. The molecule has 0 radical (unpaired) electrons. The smallest absolute Gasteiger partial charge is 0.0479 e. The van der Waals surface area contributed by atoms with E-state index in [1.807, 2.05) is 27.2 Å². The molecular formula is C18H24N4. The fourth-order valence-electron chi connectivity index (χ4n) is 2.54. The normalized spacial score (nSPS) is 12.6. The molecule has 0 saturated carbocycles. The number of aliphatic imine (C=N–C) groups is 1. The Labute approximate surface area is 132 Å². The number of hydrogen-bond donors (Lipinski definition) is 3. The molecule has 3 N–H and O–H groups in total. The first-order valence-corrected chi connectivity index (χ1v) is 7.33. The number of nitrogens with one attached hydrogen (secondary N) is 3. The van der Waals surface area contributed by atoms with E-state index < -0.39 is 0 Å². The number of rotatable bonds is 5. The molecule has 1 aromatic heterocycles. The van der Waals surface area contributed by atoms with Crippen LogP contribution >= 0.6 is 0 Å². The second-order valence-electron chi connectivity index (χ2n) is 5.34. The Bertz CT molecular complexity index is 763. The van der Waals surface area contributed by atoms with Crippen molar-refractivity contribution in [1.82, 2.24) is 10.3 Å². The van der Waals surface area contributed by atoms with Crippen LogP contribution in [0.5, 0.6) is 0 Å². The highest BCUT2D eigenvalue weighted by Gasteiger charge is 2.11. The van der Waals surface area contributed by atoms with Crippen molar-refractivity contribution in [2.75, 3.05) is 26.5 Å². The van der Waals surface area contributed by atoms with Crippen molar-refractivity contribution in [2.45, 2.75) is 13.8 Å². The molecule has 0 fully saturated rings. The first-order chi connectivity index (χ1) is 10.5. The van der Waals surface area contributed by atoms with Crippen molar-refractivity contribution >= 4 is 28.4 Å². The Kier molecular flexibility index (Phi) is 4.71. The summed E-state index contributed by atoms with van der Waals surface area (Å²) in [6, 6.07) is 6.44. The Morgan fingerprint density at radius 1 is 1.27 bits per heavy atom. The van der Waals surface area contributed by atoms with Crippen molar-refractivity contribution in [3.05, 3.63) is 47.3 Å². The number of anilines is 1. The highest BCUT2D eigenvalue weighted by molar-refractivity contribution is 6.02. The second kappa shape index (κ2) is 6.52. The third-order valence-corrected chi connectivity index (χ3v) is 3.92. The molecule has 0 bridgehead atoms. The van der Waals surface area contributed by atoms with Gasteiger partial charge >= 0.3 is 0 Å². The number of H-pyrrole nitrogens is 1. The lowest BCUT2D eigenvalue weighted by atomic mass is 10.0. The Balaban J connectivity index is 2.52. The van der Waals surface area contributed by atoms with Gasteiger partial charge in [0.05, 0.1) is 0 Å².